The number of hydrogen-bond acceptors (Lipinski definition) is 6. The lowest BCUT2D eigenvalue weighted by Gasteiger charge is -2.20. The van der Waals surface area contributed by atoms with E-state index in [1.54, 1.807) is 32.0 Å². The third-order valence-corrected chi connectivity index (χ3v) is 5.21. The molecule has 0 bridgehead atoms. The molecule has 0 spiro atoms. The second-order valence-electron chi connectivity index (χ2n) is 6.34. The summed E-state index contributed by atoms with van der Waals surface area (Å²) in [4.78, 5) is 34.6. The van der Waals surface area contributed by atoms with Crippen LogP contribution in [0.2, 0.25) is 0 Å². The minimum absolute atomic E-state index is 0.00844. The molecule has 0 fully saturated rings. The van der Waals surface area contributed by atoms with Crippen LogP contribution in [0, 0.1) is 5.92 Å². The summed E-state index contributed by atoms with van der Waals surface area (Å²) in [5.74, 6) is -2.31. The molecule has 28 heavy (non-hydrogen) atoms. The highest BCUT2D eigenvalue weighted by Gasteiger charge is 2.28. The van der Waals surface area contributed by atoms with Crippen molar-refractivity contribution in [2.75, 3.05) is 6.54 Å². The predicted octanol–water partition coefficient (Wildman–Crippen LogP) is 0.881. The average molecular weight is 407 g/mol. The van der Waals surface area contributed by atoms with Crippen LogP contribution in [0.4, 0.5) is 4.79 Å². The Kier molecular flexibility index (Phi) is 6.71. The molecule has 0 aliphatic carbocycles. The number of hydrogen-bond donors (Lipinski definition) is 3. The van der Waals surface area contributed by atoms with Gasteiger partial charge in [0.1, 0.15) is 6.54 Å². The summed E-state index contributed by atoms with van der Waals surface area (Å²) in [5.41, 5.74) is 4.88. The number of primary amides is 1. The summed E-state index contributed by atoms with van der Waals surface area (Å²) in [5, 5.41) is 3.44. The number of rotatable bonds is 7. The SMILES string of the molecule is CC(C)[C@H](OC(=O)CNS(=O)(=O)c1ccc2ccccc2c1)C(=O)NC(N)=O. The maximum absolute atomic E-state index is 12.4. The van der Waals surface area contributed by atoms with Crippen molar-refractivity contribution in [1.29, 1.82) is 0 Å². The molecule has 0 saturated carbocycles. The summed E-state index contributed by atoms with van der Waals surface area (Å²) in [6, 6.07) is 10.7. The van der Waals surface area contributed by atoms with Crippen molar-refractivity contribution in [3.63, 3.8) is 0 Å². The first-order chi connectivity index (χ1) is 13.1. The van der Waals surface area contributed by atoms with Crippen molar-refractivity contribution >= 4 is 38.7 Å². The molecule has 3 amide bonds. The van der Waals surface area contributed by atoms with Gasteiger partial charge in [-0.25, -0.2) is 13.2 Å². The van der Waals surface area contributed by atoms with Crippen LogP contribution < -0.4 is 15.8 Å². The van der Waals surface area contributed by atoms with Crippen LogP contribution in [0.3, 0.4) is 0 Å². The van der Waals surface area contributed by atoms with Crippen LogP contribution in [-0.4, -0.2) is 39.0 Å². The van der Waals surface area contributed by atoms with Gasteiger partial charge in [0.05, 0.1) is 4.90 Å². The smallest absolute Gasteiger partial charge is 0.321 e. The third kappa shape index (κ3) is 5.51. The molecule has 2 aromatic carbocycles. The average Bonchev–Trinajstić information content (AvgIpc) is 2.63. The number of benzene rings is 2. The molecule has 0 saturated heterocycles. The van der Waals surface area contributed by atoms with Crippen LogP contribution in [0.15, 0.2) is 47.4 Å². The van der Waals surface area contributed by atoms with E-state index in [1.807, 2.05) is 17.4 Å². The molecule has 4 N–H and O–H groups in total. The second-order valence-corrected chi connectivity index (χ2v) is 8.11. The summed E-state index contributed by atoms with van der Waals surface area (Å²) < 4.78 is 32.0. The molecular formula is C18H21N3O6S. The quantitative estimate of drug-likeness (QED) is 0.581. The number of carbonyl (C=O) groups excluding carboxylic acids is 3. The maximum atomic E-state index is 12.4. The molecule has 0 unspecified atom stereocenters. The van der Waals surface area contributed by atoms with Crippen LogP contribution in [-0.2, 0) is 24.3 Å². The van der Waals surface area contributed by atoms with Crippen molar-refractivity contribution in [3.8, 4) is 0 Å². The molecule has 150 valence electrons. The highest BCUT2D eigenvalue weighted by atomic mass is 32.2. The number of amides is 3. The first-order valence-corrected chi connectivity index (χ1v) is 9.86. The number of urea groups is 1. The van der Waals surface area contributed by atoms with E-state index in [-0.39, 0.29) is 4.90 Å². The number of ether oxygens (including phenoxy) is 1. The molecule has 9 nitrogen and oxygen atoms in total. The van der Waals surface area contributed by atoms with Gasteiger partial charge in [0, 0.05) is 0 Å². The molecule has 0 aromatic heterocycles. The Morgan fingerprint density at radius 2 is 1.71 bits per heavy atom. The first-order valence-electron chi connectivity index (χ1n) is 8.38. The van der Waals surface area contributed by atoms with Gasteiger partial charge in [-0.05, 0) is 28.8 Å². The van der Waals surface area contributed by atoms with Crippen LogP contribution >= 0.6 is 0 Å². The molecular weight excluding hydrogens is 386 g/mol. The Morgan fingerprint density at radius 1 is 1.07 bits per heavy atom. The summed E-state index contributed by atoms with van der Waals surface area (Å²) >= 11 is 0. The topological polar surface area (TPSA) is 145 Å². The van der Waals surface area contributed by atoms with E-state index in [1.165, 1.54) is 12.1 Å². The molecule has 2 rings (SSSR count). The molecule has 0 aliphatic heterocycles. The lowest BCUT2D eigenvalue weighted by molar-refractivity contribution is -0.157. The Labute approximate surface area is 162 Å². The van der Waals surface area contributed by atoms with E-state index >= 15 is 0 Å². The van der Waals surface area contributed by atoms with Crippen molar-refractivity contribution in [3.05, 3.63) is 42.5 Å². The van der Waals surface area contributed by atoms with E-state index < -0.39 is 46.5 Å². The minimum atomic E-state index is -3.97. The van der Waals surface area contributed by atoms with Gasteiger partial charge in [0.25, 0.3) is 5.91 Å². The number of imide groups is 1. The largest absolute Gasteiger partial charge is 0.451 e. The standard InChI is InChI=1S/C18H21N3O6S/c1-11(2)16(17(23)21-18(19)24)27-15(22)10-20-28(25,26)14-8-7-12-5-3-4-6-13(12)9-14/h3-9,11,16,20H,10H2,1-2H3,(H3,19,21,23,24)/t16-/m0/s1. The van der Waals surface area contributed by atoms with E-state index in [0.717, 1.165) is 10.8 Å². The molecule has 10 heteroatoms. The maximum Gasteiger partial charge on any atom is 0.321 e. The number of nitrogens with one attached hydrogen (secondary N) is 2. The number of esters is 1. The number of carbonyl (C=O) groups is 3. The van der Waals surface area contributed by atoms with Gasteiger partial charge < -0.3 is 10.5 Å². The summed E-state index contributed by atoms with van der Waals surface area (Å²) in [7, 11) is -3.97. The Morgan fingerprint density at radius 3 is 2.32 bits per heavy atom. The fourth-order valence-corrected chi connectivity index (χ4v) is 3.44. The Bertz CT molecular complexity index is 1000. The van der Waals surface area contributed by atoms with E-state index in [4.69, 9.17) is 10.5 Å². The fraction of sp³-hybridized carbons (Fsp3) is 0.278. The fourth-order valence-electron chi connectivity index (χ4n) is 2.44. The van der Waals surface area contributed by atoms with Crippen molar-refractivity contribution in [2.45, 2.75) is 24.8 Å². The van der Waals surface area contributed by atoms with Gasteiger partial charge >= 0.3 is 12.0 Å². The van der Waals surface area contributed by atoms with Gasteiger partial charge in [-0.2, -0.15) is 4.72 Å². The second kappa shape index (κ2) is 8.81. The normalized spacial score (nSPS) is 12.5. The summed E-state index contributed by atoms with van der Waals surface area (Å²) in [6.07, 6.45) is -1.29. The molecule has 1 atom stereocenters. The van der Waals surface area contributed by atoms with Crippen molar-refractivity contribution in [1.82, 2.24) is 10.0 Å². The van der Waals surface area contributed by atoms with Gasteiger partial charge in [0.2, 0.25) is 10.0 Å². The molecule has 0 radical (unpaired) electrons. The van der Waals surface area contributed by atoms with Crippen molar-refractivity contribution < 1.29 is 27.5 Å². The van der Waals surface area contributed by atoms with Gasteiger partial charge in [-0.15, -0.1) is 0 Å². The van der Waals surface area contributed by atoms with Crippen LogP contribution in [0.1, 0.15) is 13.8 Å². The minimum Gasteiger partial charge on any atom is -0.451 e. The summed E-state index contributed by atoms with van der Waals surface area (Å²) in [6.45, 7) is 2.51. The van der Waals surface area contributed by atoms with E-state index in [9.17, 15) is 22.8 Å². The highest BCUT2D eigenvalue weighted by Crippen LogP contribution is 2.18. The van der Waals surface area contributed by atoms with Crippen molar-refractivity contribution in [2.24, 2.45) is 11.7 Å². The molecule has 2 aromatic rings. The van der Waals surface area contributed by atoms with E-state index in [0.29, 0.717) is 0 Å². The lowest BCUT2D eigenvalue weighted by atomic mass is 10.1. The predicted molar refractivity (Wildman–Crippen MR) is 102 cm³/mol. The van der Waals surface area contributed by atoms with Crippen LogP contribution in [0.5, 0.6) is 0 Å². The number of fused-ring (bicyclic) bond motifs is 1. The van der Waals surface area contributed by atoms with Crippen LogP contribution in [0.25, 0.3) is 10.8 Å². The third-order valence-electron chi connectivity index (χ3n) is 3.81. The monoisotopic (exact) mass is 407 g/mol. The highest BCUT2D eigenvalue weighted by molar-refractivity contribution is 7.89. The molecule has 0 heterocycles. The van der Waals surface area contributed by atoms with Gasteiger partial charge in [0.15, 0.2) is 6.10 Å². The zero-order valence-corrected chi connectivity index (χ0v) is 16.2. The number of sulfonamides is 1. The molecule has 0 aliphatic rings. The first kappa shape index (κ1) is 21.3. The van der Waals surface area contributed by atoms with E-state index in [2.05, 4.69) is 4.72 Å². The lowest BCUT2D eigenvalue weighted by Crippen LogP contribution is -2.46. The Hall–Kier alpha value is -2.98. The zero-order valence-electron chi connectivity index (χ0n) is 15.3. The number of nitrogens with two attached hydrogens (primary N) is 1. The Balaban J connectivity index is 2.04. The zero-order chi connectivity index (χ0) is 20.9. The van der Waals surface area contributed by atoms with Gasteiger partial charge in [-0.3, -0.25) is 14.9 Å². The van der Waals surface area contributed by atoms with Gasteiger partial charge in [-0.1, -0.05) is 44.2 Å².